The van der Waals surface area contributed by atoms with Crippen molar-refractivity contribution in [2.75, 3.05) is 13.7 Å². The fourth-order valence-electron chi connectivity index (χ4n) is 2.76. The molecule has 2 heterocycles. The van der Waals surface area contributed by atoms with Gasteiger partial charge < -0.3 is 14.6 Å². The standard InChI is InChI=1S/C14H19N3O/c1-3-17-13-7-6-10(18-2)9-12(13)16-14(17)11-5-4-8-15-11/h6-7,9,11,15H,3-5,8H2,1-2H3. The van der Waals surface area contributed by atoms with Crippen LogP contribution in [0.25, 0.3) is 11.0 Å². The van der Waals surface area contributed by atoms with E-state index in [9.17, 15) is 0 Å². The van der Waals surface area contributed by atoms with E-state index in [1.54, 1.807) is 7.11 Å². The Labute approximate surface area is 107 Å². The summed E-state index contributed by atoms with van der Waals surface area (Å²) in [7, 11) is 1.69. The number of nitrogens with one attached hydrogen (secondary N) is 1. The lowest BCUT2D eigenvalue weighted by Crippen LogP contribution is -2.17. The number of methoxy groups -OCH3 is 1. The highest BCUT2D eigenvalue weighted by Gasteiger charge is 2.22. The van der Waals surface area contributed by atoms with Gasteiger partial charge in [-0.15, -0.1) is 0 Å². The topological polar surface area (TPSA) is 39.1 Å². The number of aromatic nitrogens is 2. The molecule has 0 radical (unpaired) electrons. The Bertz CT molecular complexity index is 555. The lowest BCUT2D eigenvalue weighted by molar-refractivity contribution is 0.415. The van der Waals surface area contributed by atoms with Crippen LogP contribution in [0.5, 0.6) is 5.75 Å². The van der Waals surface area contributed by atoms with Crippen molar-refractivity contribution in [2.24, 2.45) is 0 Å². The van der Waals surface area contributed by atoms with E-state index in [0.717, 1.165) is 24.4 Å². The number of fused-ring (bicyclic) bond motifs is 1. The number of rotatable bonds is 3. The summed E-state index contributed by atoms with van der Waals surface area (Å²) in [6, 6.07) is 6.52. The van der Waals surface area contributed by atoms with Crippen molar-refractivity contribution < 1.29 is 4.74 Å². The molecule has 1 N–H and O–H groups in total. The molecule has 0 saturated carbocycles. The Balaban J connectivity index is 2.12. The molecule has 1 unspecified atom stereocenters. The normalized spacial score (nSPS) is 19.6. The van der Waals surface area contributed by atoms with Gasteiger partial charge in [0.2, 0.25) is 0 Å². The number of aryl methyl sites for hydroxylation is 1. The smallest absolute Gasteiger partial charge is 0.127 e. The Morgan fingerprint density at radius 3 is 3.06 bits per heavy atom. The van der Waals surface area contributed by atoms with E-state index >= 15 is 0 Å². The van der Waals surface area contributed by atoms with Crippen molar-refractivity contribution in [2.45, 2.75) is 32.4 Å². The van der Waals surface area contributed by atoms with E-state index in [4.69, 9.17) is 9.72 Å². The highest BCUT2D eigenvalue weighted by Crippen LogP contribution is 2.28. The van der Waals surface area contributed by atoms with Gasteiger partial charge in [-0.1, -0.05) is 0 Å². The monoisotopic (exact) mass is 245 g/mol. The highest BCUT2D eigenvalue weighted by molar-refractivity contribution is 5.78. The number of nitrogens with zero attached hydrogens (tertiary/aromatic N) is 2. The van der Waals surface area contributed by atoms with Crippen molar-refractivity contribution in [1.82, 2.24) is 14.9 Å². The Hall–Kier alpha value is -1.55. The van der Waals surface area contributed by atoms with Gasteiger partial charge in [-0.2, -0.15) is 0 Å². The number of imidazole rings is 1. The maximum absolute atomic E-state index is 5.27. The summed E-state index contributed by atoms with van der Waals surface area (Å²) in [5.74, 6) is 2.03. The van der Waals surface area contributed by atoms with Crippen molar-refractivity contribution >= 4 is 11.0 Å². The summed E-state index contributed by atoms with van der Waals surface area (Å²) >= 11 is 0. The third kappa shape index (κ3) is 1.77. The average molecular weight is 245 g/mol. The molecule has 3 rings (SSSR count). The molecule has 18 heavy (non-hydrogen) atoms. The first-order valence-electron chi connectivity index (χ1n) is 6.61. The van der Waals surface area contributed by atoms with Gasteiger partial charge in [0.15, 0.2) is 0 Å². The summed E-state index contributed by atoms with van der Waals surface area (Å²) in [5, 5.41) is 3.52. The molecule has 1 aromatic heterocycles. The predicted molar refractivity (Wildman–Crippen MR) is 71.9 cm³/mol. The molecule has 1 fully saturated rings. The second kappa shape index (κ2) is 4.61. The van der Waals surface area contributed by atoms with Crippen LogP contribution in [0, 0.1) is 0 Å². The van der Waals surface area contributed by atoms with Gasteiger partial charge in [0.05, 0.1) is 24.2 Å². The molecule has 1 aliphatic heterocycles. The van der Waals surface area contributed by atoms with Crippen LogP contribution in [0.3, 0.4) is 0 Å². The molecule has 96 valence electrons. The quantitative estimate of drug-likeness (QED) is 0.903. The summed E-state index contributed by atoms with van der Waals surface area (Å²) < 4.78 is 7.57. The van der Waals surface area contributed by atoms with Crippen LogP contribution in [-0.4, -0.2) is 23.2 Å². The highest BCUT2D eigenvalue weighted by atomic mass is 16.5. The van der Waals surface area contributed by atoms with Crippen LogP contribution in [-0.2, 0) is 6.54 Å². The van der Waals surface area contributed by atoms with E-state index < -0.39 is 0 Å². The predicted octanol–water partition coefficient (Wildman–Crippen LogP) is 2.49. The summed E-state index contributed by atoms with van der Waals surface area (Å²) in [5.41, 5.74) is 2.22. The Kier molecular flexibility index (Phi) is 2.96. The first-order chi connectivity index (χ1) is 8.83. The third-order valence-corrected chi connectivity index (χ3v) is 3.67. The second-order valence-corrected chi connectivity index (χ2v) is 4.72. The van der Waals surface area contributed by atoms with E-state index in [1.165, 1.54) is 24.2 Å². The molecule has 2 aromatic rings. The molecule has 0 aliphatic carbocycles. The summed E-state index contributed by atoms with van der Waals surface area (Å²) in [6.45, 7) is 4.22. The Morgan fingerprint density at radius 1 is 1.50 bits per heavy atom. The fourth-order valence-corrected chi connectivity index (χ4v) is 2.76. The first kappa shape index (κ1) is 11.5. The van der Waals surface area contributed by atoms with Crippen molar-refractivity contribution in [3.8, 4) is 5.75 Å². The molecule has 1 atom stereocenters. The molecule has 1 aromatic carbocycles. The number of hydrogen-bond acceptors (Lipinski definition) is 3. The van der Waals surface area contributed by atoms with Crippen LogP contribution in [0.15, 0.2) is 18.2 Å². The van der Waals surface area contributed by atoms with Crippen LogP contribution in [0.1, 0.15) is 31.6 Å². The van der Waals surface area contributed by atoms with E-state index in [1.807, 2.05) is 12.1 Å². The zero-order chi connectivity index (χ0) is 12.5. The van der Waals surface area contributed by atoms with Gasteiger partial charge in [-0.05, 0) is 38.4 Å². The van der Waals surface area contributed by atoms with Gasteiger partial charge in [-0.3, -0.25) is 0 Å². The van der Waals surface area contributed by atoms with Crippen LogP contribution in [0.4, 0.5) is 0 Å². The average Bonchev–Trinajstić information content (AvgIpc) is 3.04. The zero-order valence-electron chi connectivity index (χ0n) is 10.9. The van der Waals surface area contributed by atoms with Gasteiger partial charge in [-0.25, -0.2) is 4.98 Å². The minimum absolute atomic E-state index is 0.406. The molecule has 1 aliphatic rings. The summed E-state index contributed by atoms with van der Waals surface area (Å²) in [4.78, 5) is 4.79. The Morgan fingerprint density at radius 2 is 2.39 bits per heavy atom. The van der Waals surface area contributed by atoms with E-state index in [0.29, 0.717) is 6.04 Å². The van der Waals surface area contributed by atoms with Crippen molar-refractivity contribution in [3.05, 3.63) is 24.0 Å². The van der Waals surface area contributed by atoms with Crippen molar-refractivity contribution in [3.63, 3.8) is 0 Å². The van der Waals surface area contributed by atoms with Crippen molar-refractivity contribution in [1.29, 1.82) is 0 Å². The number of benzene rings is 1. The minimum atomic E-state index is 0.406. The van der Waals surface area contributed by atoms with Gasteiger partial charge >= 0.3 is 0 Å². The first-order valence-corrected chi connectivity index (χ1v) is 6.61. The SMILES string of the molecule is CCn1c(C2CCCN2)nc2cc(OC)ccc21. The van der Waals surface area contributed by atoms with E-state index in [2.05, 4.69) is 22.9 Å². The largest absolute Gasteiger partial charge is 0.497 e. The molecule has 0 spiro atoms. The number of hydrogen-bond donors (Lipinski definition) is 1. The molecule has 4 heteroatoms. The number of ether oxygens (including phenoxy) is 1. The fraction of sp³-hybridized carbons (Fsp3) is 0.500. The maximum Gasteiger partial charge on any atom is 0.127 e. The molecule has 1 saturated heterocycles. The maximum atomic E-state index is 5.27. The molecule has 0 amide bonds. The van der Waals surface area contributed by atoms with Gasteiger partial charge in [0.1, 0.15) is 11.6 Å². The minimum Gasteiger partial charge on any atom is -0.497 e. The molecule has 0 bridgehead atoms. The van der Waals surface area contributed by atoms with Crippen LogP contribution < -0.4 is 10.1 Å². The second-order valence-electron chi connectivity index (χ2n) is 4.72. The lowest BCUT2D eigenvalue weighted by Gasteiger charge is -2.12. The molecular formula is C14H19N3O. The lowest BCUT2D eigenvalue weighted by atomic mass is 10.2. The van der Waals surface area contributed by atoms with Crippen LogP contribution in [0.2, 0.25) is 0 Å². The van der Waals surface area contributed by atoms with Gasteiger partial charge in [0, 0.05) is 12.6 Å². The molecule has 4 nitrogen and oxygen atoms in total. The van der Waals surface area contributed by atoms with E-state index in [-0.39, 0.29) is 0 Å². The molecular weight excluding hydrogens is 226 g/mol. The third-order valence-electron chi connectivity index (χ3n) is 3.67. The zero-order valence-corrected chi connectivity index (χ0v) is 10.9. The van der Waals surface area contributed by atoms with Crippen LogP contribution >= 0.6 is 0 Å². The summed E-state index contributed by atoms with van der Waals surface area (Å²) in [6.07, 6.45) is 2.42. The van der Waals surface area contributed by atoms with Gasteiger partial charge in [0.25, 0.3) is 0 Å².